The third-order valence-corrected chi connectivity index (χ3v) is 3.84. The summed E-state index contributed by atoms with van der Waals surface area (Å²) >= 11 is 18.6. The lowest BCUT2D eigenvalue weighted by molar-refractivity contribution is 0.304. The standard InChI is InChI=1S/C12H7Br2Cl2NO/c13-8-1-2-11(9(14)3-8)18-6-7-5-17-12(16)4-10(7)15/h1-5H,6H2. The van der Waals surface area contributed by atoms with Crippen LogP contribution in [0.1, 0.15) is 5.56 Å². The summed E-state index contributed by atoms with van der Waals surface area (Å²) in [6.07, 6.45) is 1.61. The summed E-state index contributed by atoms with van der Waals surface area (Å²) in [5, 5.41) is 0.914. The summed E-state index contributed by atoms with van der Waals surface area (Å²) in [5.41, 5.74) is 0.788. The molecule has 0 radical (unpaired) electrons. The summed E-state index contributed by atoms with van der Waals surface area (Å²) in [6, 6.07) is 7.28. The van der Waals surface area contributed by atoms with E-state index in [0.717, 1.165) is 20.3 Å². The number of hydrogen-bond acceptors (Lipinski definition) is 2. The van der Waals surface area contributed by atoms with E-state index in [2.05, 4.69) is 36.8 Å². The Bertz CT molecular complexity index is 526. The molecule has 0 atom stereocenters. The predicted octanol–water partition coefficient (Wildman–Crippen LogP) is 5.49. The normalized spacial score (nSPS) is 10.4. The number of hydrogen-bond donors (Lipinski definition) is 0. The highest BCUT2D eigenvalue weighted by molar-refractivity contribution is 9.11. The van der Waals surface area contributed by atoms with E-state index in [0.29, 0.717) is 16.8 Å². The van der Waals surface area contributed by atoms with Gasteiger partial charge in [-0.3, -0.25) is 0 Å². The zero-order chi connectivity index (χ0) is 13.1. The highest BCUT2D eigenvalue weighted by Gasteiger charge is 2.06. The summed E-state index contributed by atoms with van der Waals surface area (Å²) in [6.45, 7) is 0.337. The van der Waals surface area contributed by atoms with E-state index in [1.165, 1.54) is 0 Å². The van der Waals surface area contributed by atoms with Crippen molar-refractivity contribution in [3.8, 4) is 5.75 Å². The Labute approximate surface area is 132 Å². The van der Waals surface area contributed by atoms with Gasteiger partial charge in [-0.2, -0.15) is 0 Å². The predicted molar refractivity (Wildman–Crippen MR) is 80.4 cm³/mol. The highest BCUT2D eigenvalue weighted by atomic mass is 79.9. The molecule has 0 amide bonds. The maximum absolute atomic E-state index is 6.04. The molecule has 2 nitrogen and oxygen atoms in total. The maximum atomic E-state index is 6.04. The molecule has 0 unspecified atom stereocenters. The van der Waals surface area contributed by atoms with Crippen LogP contribution < -0.4 is 4.74 Å². The number of nitrogens with zero attached hydrogens (tertiary/aromatic N) is 1. The molecule has 94 valence electrons. The van der Waals surface area contributed by atoms with Gasteiger partial charge in [-0.05, 0) is 40.2 Å². The molecule has 0 aliphatic carbocycles. The average Bonchev–Trinajstić information content (AvgIpc) is 2.30. The summed E-state index contributed by atoms with van der Waals surface area (Å²) < 4.78 is 7.51. The van der Waals surface area contributed by atoms with Crippen LogP contribution in [-0.4, -0.2) is 4.98 Å². The number of aromatic nitrogens is 1. The lowest BCUT2D eigenvalue weighted by Gasteiger charge is -2.09. The Morgan fingerprint density at radius 2 is 1.94 bits per heavy atom. The smallest absolute Gasteiger partial charge is 0.134 e. The van der Waals surface area contributed by atoms with Crippen LogP contribution in [0.4, 0.5) is 0 Å². The highest BCUT2D eigenvalue weighted by Crippen LogP contribution is 2.29. The number of halogens is 4. The second-order valence-corrected chi connectivity index (χ2v) is 6.03. The van der Waals surface area contributed by atoms with Gasteiger partial charge >= 0.3 is 0 Å². The first-order valence-electron chi connectivity index (χ1n) is 4.94. The van der Waals surface area contributed by atoms with Gasteiger partial charge in [0.2, 0.25) is 0 Å². The van der Waals surface area contributed by atoms with E-state index in [4.69, 9.17) is 27.9 Å². The Morgan fingerprint density at radius 3 is 2.61 bits per heavy atom. The molecule has 1 heterocycles. The van der Waals surface area contributed by atoms with E-state index >= 15 is 0 Å². The monoisotopic (exact) mass is 409 g/mol. The van der Waals surface area contributed by atoms with Gasteiger partial charge in [0.25, 0.3) is 0 Å². The van der Waals surface area contributed by atoms with Crippen LogP contribution in [0.5, 0.6) is 5.75 Å². The molecule has 0 saturated heterocycles. The average molecular weight is 412 g/mol. The van der Waals surface area contributed by atoms with E-state index < -0.39 is 0 Å². The van der Waals surface area contributed by atoms with Crippen molar-refractivity contribution in [3.63, 3.8) is 0 Å². The van der Waals surface area contributed by atoms with Gasteiger partial charge in [-0.25, -0.2) is 4.98 Å². The lowest BCUT2D eigenvalue weighted by Crippen LogP contribution is -1.97. The minimum absolute atomic E-state index is 0.337. The van der Waals surface area contributed by atoms with Crippen molar-refractivity contribution in [3.05, 3.63) is 55.1 Å². The largest absolute Gasteiger partial charge is 0.488 e. The minimum Gasteiger partial charge on any atom is -0.488 e. The van der Waals surface area contributed by atoms with Gasteiger partial charge in [-0.1, -0.05) is 39.1 Å². The second-order valence-electron chi connectivity index (χ2n) is 3.46. The molecular weight excluding hydrogens is 405 g/mol. The first kappa shape index (κ1) is 14.1. The van der Waals surface area contributed by atoms with Crippen molar-refractivity contribution in [1.82, 2.24) is 4.98 Å². The molecule has 2 rings (SSSR count). The summed E-state index contributed by atoms with van der Waals surface area (Å²) in [5.74, 6) is 0.740. The Hall–Kier alpha value is -0.290. The van der Waals surface area contributed by atoms with Crippen molar-refractivity contribution in [1.29, 1.82) is 0 Å². The topological polar surface area (TPSA) is 22.1 Å². The molecule has 0 saturated carbocycles. The molecule has 2 aromatic rings. The van der Waals surface area contributed by atoms with Crippen LogP contribution in [-0.2, 0) is 6.61 Å². The van der Waals surface area contributed by atoms with Gasteiger partial charge < -0.3 is 4.74 Å². The molecule has 6 heteroatoms. The van der Waals surface area contributed by atoms with Crippen molar-refractivity contribution in [2.45, 2.75) is 6.61 Å². The molecule has 1 aromatic heterocycles. The Balaban J connectivity index is 2.11. The first-order chi connectivity index (χ1) is 8.56. The Kier molecular flexibility index (Phi) is 4.90. The third kappa shape index (κ3) is 3.60. The van der Waals surface area contributed by atoms with E-state index in [-0.39, 0.29) is 0 Å². The SMILES string of the molecule is Clc1cc(Cl)c(COc2ccc(Br)cc2Br)cn1. The van der Waals surface area contributed by atoms with Crippen LogP contribution in [0.3, 0.4) is 0 Å². The molecule has 18 heavy (non-hydrogen) atoms. The maximum Gasteiger partial charge on any atom is 0.134 e. The minimum atomic E-state index is 0.337. The van der Waals surface area contributed by atoms with E-state index in [1.807, 2.05) is 18.2 Å². The molecule has 0 aliphatic rings. The van der Waals surface area contributed by atoms with Crippen molar-refractivity contribution in [2.75, 3.05) is 0 Å². The second kappa shape index (κ2) is 6.24. The lowest BCUT2D eigenvalue weighted by atomic mass is 10.3. The fourth-order valence-corrected chi connectivity index (χ4v) is 2.87. The zero-order valence-corrected chi connectivity index (χ0v) is 13.6. The van der Waals surface area contributed by atoms with Gasteiger partial charge in [0, 0.05) is 16.2 Å². The van der Waals surface area contributed by atoms with Crippen LogP contribution in [0.25, 0.3) is 0 Å². The zero-order valence-electron chi connectivity index (χ0n) is 8.96. The summed E-state index contributed by atoms with van der Waals surface area (Å²) in [7, 11) is 0. The van der Waals surface area contributed by atoms with Crippen molar-refractivity contribution < 1.29 is 4.74 Å². The molecule has 0 bridgehead atoms. The van der Waals surface area contributed by atoms with E-state index in [9.17, 15) is 0 Å². The molecule has 0 aliphatic heterocycles. The molecule has 0 N–H and O–H groups in total. The van der Waals surface area contributed by atoms with Crippen LogP contribution in [0, 0.1) is 0 Å². The third-order valence-electron chi connectivity index (χ3n) is 2.17. The summed E-state index contributed by atoms with van der Waals surface area (Å²) in [4.78, 5) is 3.97. The molecular formula is C12H7Br2Cl2NO. The van der Waals surface area contributed by atoms with Crippen molar-refractivity contribution in [2.24, 2.45) is 0 Å². The van der Waals surface area contributed by atoms with Crippen LogP contribution >= 0.6 is 55.1 Å². The fourth-order valence-electron chi connectivity index (χ4n) is 1.29. The number of ether oxygens (including phenoxy) is 1. The molecule has 0 spiro atoms. The van der Waals surface area contributed by atoms with Gasteiger partial charge in [0.05, 0.1) is 9.50 Å². The van der Waals surface area contributed by atoms with Crippen LogP contribution in [0.15, 0.2) is 39.4 Å². The number of pyridine rings is 1. The fraction of sp³-hybridized carbons (Fsp3) is 0.0833. The van der Waals surface area contributed by atoms with Gasteiger partial charge in [0.1, 0.15) is 17.5 Å². The number of benzene rings is 1. The Morgan fingerprint density at radius 1 is 1.17 bits per heavy atom. The van der Waals surface area contributed by atoms with E-state index in [1.54, 1.807) is 12.3 Å². The van der Waals surface area contributed by atoms with Crippen molar-refractivity contribution >= 4 is 55.1 Å². The number of rotatable bonds is 3. The van der Waals surface area contributed by atoms with Gasteiger partial charge in [0.15, 0.2) is 0 Å². The van der Waals surface area contributed by atoms with Crippen LogP contribution in [0.2, 0.25) is 10.2 Å². The van der Waals surface area contributed by atoms with Gasteiger partial charge in [-0.15, -0.1) is 0 Å². The quantitative estimate of drug-likeness (QED) is 0.623. The molecule has 1 aromatic carbocycles. The first-order valence-corrected chi connectivity index (χ1v) is 7.28. The molecule has 0 fully saturated rings.